The molecule has 23 heavy (non-hydrogen) atoms. The molecule has 130 valence electrons. The van der Waals surface area contributed by atoms with Gasteiger partial charge in [-0.3, -0.25) is 4.90 Å². The highest BCUT2D eigenvalue weighted by molar-refractivity contribution is 5.28. The second-order valence-electron chi connectivity index (χ2n) is 6.50. The number of nitrogens with zero attached hydrogens (tertiary/aromatic N) is 1. The van der Waals surface area contributed by atoms with Crippen molar-refractivity contribution in [3.8, 4) is 5.75 Å². The molecule has 1 aromatic carbocycles. The minimum atomic E-state index is -4.65. The predicted octanol–water partition coefficient (Wildman–Crippen LogP) is 3.80. The molecule has 0 unspecified atom stereocenters. The van der Waals surface area contributed by atoms with Crippen LogP contribution in [0.1, 0.15) is 32.3 Å². The number of piperidine rings is 1. The Morgan fingerprint density at radius 3 is 2.57 bits per heavy atom. The Kier molecular flexibility index (Phi) is 6.30. The number of alkyl halides is 3. The van der Waals surface area contributed by atoms with Crippen LogP contribution < -0.4 is 10.1 Å². The van der Waals surface area contributed by atoms with Gasteiger partial charge in [-0.2, -0.15) is 0 Å². The molecule has 2 rings (SSSR count). The van der Waals surface area contributed by atoms with Crippen molar-refractivity contribution < 1.29 is 17.9 Å². The first-order valence-corrected chi connectivity index (χ1v) is 8.13. The second kappa shape index (κ2) is 8.02. The maximum Gasteiger partial charge on any atom is 0.573 e. The normalized spacial score (nSPS) is 17.0. The van der Waals surface area contributed by atoms with E-state index in [4.69, 9.17) is 0 Å². The zero-order valence-electron chi connectivity index (χ0n) is 13.7. The van der Waals surface area contributed by atoms with Crippen molar-refractivity contribution >= 4 is 0 Å². The Morgan fingerprint density at radius 1 is 1.26 bits per heavy atom. The SMILES string of the molecule is CC(C)CN(Cc1cccc(OC(F)(F)F)c1)C1CCNCC1. The summed E-state index contributed by atoms with van der Waals surface area (Å²) in [5, 5.41) is 3.35. The van der Waals surface area contributed by atoms with E-state index in [1.807, 2.05) is 6.07 Å². The number of hydrogen-bond donors (Lipinski definition) is 1. The second-order valence-corrected chi connectivity index (χ2v) is 6.50. The molecule has 0 spiro atoms. The third-order valence-electron chi connectivity index (χ3n) is 3.94. The number of hydrogen-bond acceptors (Lipinski definition) is 3. The Morgan fingerprint density at radius 2 is 1.96 bits per heavy atom. The van der Waals surface area contributed by atoms with Crippen LogP contribution >= 0.6 is 0 Å². The summed E-state index contributed by atoms with van der Waals surface area (Å²) in [6.07, 6.45) is -2.50. The lowest BCUT2D eigenvalue weighted by molar-refractivity contribution is -0.274. The van der Waals surface area contributed by atoms with Gasteiger partial charge in [0.05, 0.1) is 0 Å². The van der Waals surface area contributed by atoms with Crippen LogP contribution in [0.5, 0.6) is 5.75 Å². The van der Waals surface area contributed by atoms with Crippen molar-refractivity contribution in [1.82, 2.24) is 10.2 Å². The summed E-state index contributed by atoms with van der Waals surface area (Å²) in [6, 6.07) is 6.78. The van der Waals surface area contributed by atoms with E-state index in [0.29, 0.717) is 18.5 Å². The molecule has 6 heteroatoms. The molecule has 3 nitrogen and oxygen atoms in total. The zero-order chi connectivity index (χ0) is 16.9. The van der Waals surface area contributed by atoms with Gasteiger partial charge in [-0.05, 0) is 49.5 Å². The van der Waals surface area contributed by atoms with E-state index in [0.717, 1.165) is 38.0 Å². The van der Waals surface area contributed by atoms with E-state index in [2.05, 4.69) is 28.8 Å². The van der Waals surface area contributed by atoms with Gasteiger partial charge in [-0.15, -0.1) is 13.2 Å². The van der Waals surface area contributed by atoms with E-state index >= 15 is 0 Å². The smallest absolute Gasteiger partial charge is 0.406 e. The van der Waals surface area contributed by atoms with Gasteiger partial charge in [0.25, 0.3) is 0 Å². The van der Waals surface area contributed by atoms with Crippen molar-refractivity contribution in [1.29, 1.82) is 0 Å². The fourth-order valence-corrected chi connectivity index (χ4v) is 3.06. The van der Waals surface area contributed by atoms with E-state index in [1.54, 1.807) is 6.07 Å². The van der Waals surface area contributed by atoms with Crippen LogP contribution in [0.25, 0.3) is 0 Å². The quantitative estimate of drug-likeness (QED) is 0.859. The average molecular weight is 330 g/mol. The van der Waals surface area contributed by atoms with Crippen molar-refractivity contribution in [2.75, 3.05) is 19.6 Å². The third-order valence-corrected chi connectivity index (χ3v) is 3.94. The van der Waals surface area contributed by atoms with Crippen LogP contribution in [-0.4, -0.2) is 36.9 Å². The van der Waals surface area contributed by atoms with Crippen molar-refractivity contribution in [2.45, 2.75) is 45.6 Å². The number of halogens is 3. The topological polar surface area (TPSA) is 24.5 Å². The molecule has 0 aliphatic carbocycles. The highest BCUT2D eigenvalue weighted by Crippen LogP contribution is 2.25. The fraction of sp³-hybridized carbons (Fsp3) is 0.647. The van der Waals surface area contributed by atoms with E-state index in [-0.39, 0.29) is 5.75 Å². The summed E-state index contributed by atoms with van der Waals surface area (Å²) in [4.78, 5) is 2.39. The molecular weight excluding hydrogens is 305 g/mol. The van der Waals surface area contributed by atoms with Gasteiger partial charge in [-0.1, -0.05) is 26.0 Å². The van der Waals surface area contributed by atoms with Gasteiger partial charge in [0.15, 0.2) is 0 Å². The molecule has 1 aliphatic heterocycles. The molecule has 1 fully saturated rings. The number of nitrogens with one attached hydrogen (secondary N) is 1. The van der Waals surface area contributed by atoms with E-state index < -0.39 is 6.36 Å². The molecular formula is C17H25F3N2O. The monoisotopic (exact) mass is 330 g/mol. The van der Waals surface area contributed by atoms with Crippen LogP contribution in [0, 0.1) is 5.92 Å². The van der Waals surface area contributed by atoms with Crippen LogP contribution in [-0.2, 0) is 6.54 Å². The summed E-state index contributed by atoms with van der Waals surface area (Å²) in [7, 11) is 0. The van der Waals surface area contributed by atoms with Gasteiger partial charge in [-0.25, -0.2) is 0 Å². The highest BCUT2D eigenvalue weighted by Gasteiger charge is 2.31. The lowest BCUT2D eigenvalue weighted by atomic mass is 10.0. The Bertz CT molecular complexity index is 485. The summed E-state index contributed by atoms with van der Waals surface area (Å²) < 4.78 is 41.1. The maximum atomic E-state index is 12.4. The minimum absolute atomic E-state index is 0.148. The maximum absolute atomic E-state index is 12.4. The molecule has 0 aromatic heterocycles. The Hall–Kier alpha value is -1.27. The summed E-state index contributed by atoms with van der Waals surface area (Å²) >= 11 is 0. The van der Waals surface area contributed by atoms with Crippen molar-refractivity contribution in [3.05, 3.63) is 29.8 Å². The molecule has 1 saturated heterocycles. The predicted molar refractivity (Wildman–Crippen MR) is 84.3 cm³/mol. The zero-order valence-corrected chi connectivity index (χ0v) is 13.7. The molecule has 0 bridgehead atoms. The first-order chi connectivity index (χ1) is 10.8. The minimum Gasteiger partial charge on any atom is -0.406 e. The van der Waals surface area contributed by atoms with Crippen molar-refractivity contribution in [2.24, 2.45) is 5.92 Å². The van der Waals surface area contributed by atoms with Gasteiger partial charge >= 0.3 is 6.36 Å². The largest absolute Gasteiger partial charge is 0.573 e. The molecule has 1 N–H and O–H groups in total. The van der Waals surface area contributed by atoms with E-state index in [1.165, 1.54) is 12.1 Å². The van der Waals surface area contributed by atoms with Crippen LogP contribution in [0.2, 0.25) is 0 Å². The molecule has 0 atom stereocenters. The van der Waals surface area contributed by atoms with Gasteiger partial charge < -0.3 is 10.1 Å². The van der Waals surface area contributed by atoms with E-state index in [9.17, 15) is 13.2 Å². The number of ether oxygens (including phenoxy) is 1. The fourth-order valence-electron chi connectivity index (χ4n) is 3.06. The summed E-state index contributed by atoms with van der Waals surface area (Å²) in [5.41, 5.74) is 0.853. The lowest BCUT2D eigenvalue weighted by Gasteiger charge is -2.36. The first kappa shape index (κ1) is 18.1. The molecule has 1 aromatic rings. The lowest BCUT2D eigenvalue weighted by Crippen LogP contribution is -2.44. The van der Waals surface area contributed by atoms with Crippen molar-refractivity contribution in [3.63, 3.8) is 0 Å². The van der Waals surface area contributed by atoms with Gasteiger partial charge in [0.2, 0.25) is 0 Å². The van der Waals surface area contributed by atoms with Gasteiger partial charge in [0, 0.05) is 19.1 Å². The standard InChI is InChI=1S/C17H25F3N2O/c1-13(2)11-22(15-6-8-21-9-7-15)12-14-4-3-5-16(10-14)23-17(18,19)20/h3-5,10,13,15,21H,6-9,11-12H2,1-2H3. The molecule has 0 saturated carbocycles. The number of benzene rings is 1. The highest BCUT2D eigenvalue weighted by atomic mass is 19.4. The number of rotatable bonds is 6. The molecule has 1 aliphatic rings. The average Bonchev–Trinajstić information content (AvgIpc) is 2.45. The molecule has 1 heterocycles. The third kappa shape index (κ3) is 6.39. The van der Waals surface area contributed by atoms with Crippen LogP contribution in [0.15, 0.2) is 24.3 Å². The Balaban J connectivity index is 2.07. The Labute approximate surface area is 135 Å². The van der Waals surface area contributed by atoms with Crippen LogP contribution in [0.4, 0.5) is 13.2 Å². The van der Waals surface area contributed by atoms with Crippen LogP contribution in [0.3, 0.4) is 0 Å². The summed E-state index contributed by atoms with van der Waals surface area (Å²) in [5.74, 6) is 0.365. The van der Waals surface area contributed by atoms with Gasteiger partial charge in [0.1, 0.15) is 5.75 Å². The first-order valence-electron chi connectivity index (χ1n) is 8.13. The molecule has 0 amide bonds. The molecule has 0 radical (unpaired) electrons. The summed E-state index contributed by atoms with van der Waals surface area (Å²) in [6.45, 7) is 7.91.